The highest BCUT2D eigenvalue weighted by molar-refractivity contribution is 7.91. The van der Waals surface area contributed by atoms with Crippen LogP contribution in [0.1, 0.15) is 35.2 Å². The summed E-state index contributed by atoms with van der Waals surface area (Å²) in [6.07, 6.45) is 2.57. The number of hydrogen-bond donors (Lipinski definition) is 1. The summed E-state index contributed by atoms with van der Waals surface area (Å²) in [5.41, 5.74) is 0. The SMILES string of the molecule is O=C(O)c1ncc(C2CCCS(=O)(=O)C2)o1. The van der Waals surface area contributed by atoms with Gasteiger partial charge in [0.15, 0.2) is 9.84 Å². The molecular formula is C9H11NO5S. The predicted molar refractivity (Wildman–Crippen MR) is 54.1 cm³/mol. The zero-order chi connectivity index (χ0) is 11.8. The van der Waals surface area contributed by atoms with Crippen LogP contribution in [0.4, 0.5) is 0 Å². The van der Waals surface area contributed by atoms with Crippen molar-refractivity contribution < 1.29 is 22.7 Å². The second kappa shape index (κ2) is 3.89. The number of sulfone groups is 1. The fourth-order valence-corrected chi connectivity index (χ4v) is 3.54. The van der Waals surface area contributed by atoms with Crippen LogP contribution in [-0.2, 0) is 9.84 Å². The van der Waals surface area contributed by atoms with E-state index in [2.05, 4.69) is 4.98 Å². The minimum atomic E-state index is -3.03. The van der Waals surface area contributed by atoms with Crippen LogP contribution in [-0.4, -0.2) is 36.0 Å². The molecule has 1 saturated heterocycles. The Bertz CT molecular complexity index is 504. The first-order valence-electron chi connectivity index (χ1n) is 4.87. The van der Waals surface area contributed by atoms with Crippen molar-refractivity contribution in [3.8, 4) is 0 Å². The molecule has 1 aliphatic rings. The van der Waals surface area contributed by atoms with E-state index in [9.17, 15) is 13.2 Å². The number of hydrogen-bond acceptors (Lipinski definition) is 5. The van der Waals surface area contributed by atoms with E-state index >= 15 is 0 Å². The maximum atomic E-state index is 11.4. The van der Waals surface area contributed by atoms with Gasteiger partial charge in [0.1, 0.15) is 5.76 Å². The van der Waals surface area contributed by atoms with E-state index in [0.29, 0.717) is 18.6 Å². The van der Waals surface area contributed by atoms with Gasteiger partial charge in [-0.3, -0.25) is 0 Å². The van der Waals surface area contributed by atoms with Crippen LogP contribution in [0.2, 0.25) is 0 Å². The van der Waals surface area contributed by atoms with Gasteiger partial charge in [0.2, 0.25) is 0 Å². The van der Waals surface area contributed by atoms with Crippen molar-refractivity contribution in [1.82, 2.24) is 4.98 Å². The first-order chi connectivity index (χ1) is 7.48. The van der Waals surface area contributed by atoms with E-state index < -0.39 is 21.7 Å². The summed E-state index contributed by atoms with van der Waals surface area (Å²) in [6.45, 7) is 0. The van der Waals surface area contributed by atoms with E-state index in [4.69, 9.17) is 9.52 Å². The summed E-state index contributed by atoms with van der Waals surface area (Å²) >= 11 is 0. The van der Waals surface area contributed by atoms with Gasteiger partial charge in [-0.15, -0.1) is 0 Å². The Kier molecular flexibility index (Phi) is 2.71. The number of rotatable bonds is 2. The highest BCUT2D eigenvalue weighted by Gasteiger charge is 2.29. The fraction of sp³-hybridized carbons (Fsp3) is 0.556. The van der Waals surface area contributed by atoms with Crippen molar-refractivity contribution >= 4 is 15.8 Å². The summed E-state index contributed by atoms with van der Waals surface area (Å²) in [4.78, 5) is 14.1. The minimum absolute atomic E-state index is 0.0151. The number of nitrogens with zero attached hydrogens (tertiary/aromatic N) is 1. The number of aromatic nitrogens is 1. The van der Waals surface area contributed by atoms with Crippen molar-refractivity contribution in [3.05, 3.63) is 17.8 Å². The molecule has 1 aromatic rings. The lowest BCUT2D eigenvalue weighted by atomic mass is 10.0. The van der Waals surface area contributed by atoms with Gasteiger partial charge in [0, 0.05) is 5.92 Å². The Hall–Kier alpha value is -1.37. The topological polar surface area (TPSA) is 97.5 Å². The smallest absolute Gasteiger partial charge is 0.392 e. The van der Waals surface area contributed by atoms with Gasteiger partial charge in [-0.05, 0) is 12.8 Å². The van der Waals surface area contributed by atoms with Gasteiger partial charge in [-0.1, -0.05) is 0 Å². The third kappa shape index (κ3) is 2.24. The molecule has 1 unspecified atom stereocenters. The van der Waals surface area contributed by atoms with Crippen LogP contribution in [0.25, 0.3) is 0 Å². The zero-order valence-corrected chi connectivity index (χ0v) is 9.24. The van der Waals surface area contributed by atoms with Gasteiger partial charge in [0.05, 0.1) is 17.7 Å². The van der Waals surface area contributed by atoms with Crippen molar-refractivity contribution in [1.29, 1.82) is 0 Å². The highest BCUT2D eigenvalue weighted by atomic mass is 32.2. The maximum Gasteiger partial charge on any atom is 0.392 e. The normalized spacial score (nSPS) is 24.1. The molecule has 0 radical (unpaired) electrons. The van der Waals surface area contributed by atoms with Crippen LogP contribution in [0.3, 0.4) is 0 Å². The lowest BCUT2D eigenvalue weighted by Crippen LogP contribution is -2.23. The molecule has 1 atom stereocenters. The van der Waals surface area contributed by atoms with Gasteiger partial charge in [-0.2, -0.15) is 0 Å². The Labute approximate surface area is 92.2 Å². The highest BCUT2D eigenvalue weighted by Crippen LogP contribution is 2.28. The predicted octanol–water partition coefficient (Wildman–Crippen LogP) is 0.665. The number of carboxylic acid groups (broad SMARTS) is 1. The molecule has 0 aliphatic carbocycles. The molecule has 16 heavy (non-hydrogen) atoms. The first-order valence-corrected chi connectivity index (χ1v) is 6.69. The second-order valence-corrected chi connectivity index (χ2v) is 6.06. The second-order valence-electron chi connectivity index (χ2n) is 3.83. The van der Waals surface area contributed by atoms with Gasteiger partial charge in [0.25, 0.3) is 0 Å². The zero-order valence-electron chi connectivity index (χ0n) is 8.42. The molecule has 6 nitrogen and oxygen atoms in total. The average Bonchev–Trinajstić information content (AvgIpc) is 2.64. The van der Waals surface area contributed by atoms with E-state index in [0.717, 1.165) is 0 Å². The first kappa shape index (κ1) is 11.1. The van der Waals surface area contributed by atoms with Crippen molar-refractivity contribution in [2.24, 2.45) is 0 Å². The lowest BCUT2D eigenvalue weighted by molar-refractivity contribution is 0.0651. The molecule has 0 amide bonds. The molecule has 2 heterocycles. The standard InChI is InChI=1S/C9H11NO5S/c11-9(12)8-10-4-7(15-8)6-2-1-3-16(13,14)5-6/h4,6H,1-3,5H2,(H,11,12). The Balaban J connectivity index is 2.20. The molecule has 1 N–H and O–H groups in total. The molecule has 7 heteroatoms. The third-order valence-electron chi connectivity index (χ3n) is 2.57. The molecule has 0 spiro atoms. The van der Waals surface area contributed by atoms with E-state index in [1.807, 2.05) is 0 Å². The molecule has 0 saturated carbocycles. The maximum absolute atomic E-state index is 11.4. The number of aromatic carboxylic acids is 1. The Morgan fingerprint density at radius 2 is 2.31 bits per heavy atom. The molecule has 2 rings (SSSR count). The van der Waals surface area contributed by atoms with E-state index in [-0.39, 0.29) is 17.4 Å². The summed E-state index contributed by atoms with van der Waals surface area (Å²) in [6, 6.07) is 0. The summed E-state index contributed by atoms with van der Waals surface area (Å²) in [7, 11) is -3.03. The van der Waals surface area contributed by atoms with Crippen LogP contribution in [0.5, 0.6) is 0 Å². The van der Waals surface area contributed by atoms with Crippen LogP contribution < -0.4 is 0 Å². The molecular weight excluding hydrogens is 234 g/mol. The van der Waals surface area contributed by atoms with Crippen molar-refractivity contribution in [3.63, 3.8) is 0 Å². The van der Waals surface area contributed by atoms with Gasteiger partial charge < -0.3 is 9.52 Å². The number of oxazole rings is 1. The fourth-order valence-electron chi connectivity index (χ4n) is 1.82. The molecule has 88 valence electrons. The van der Waals surface area contributed by atoms with Crippen LogP contribution in [0, 0.1) is 0 Å². The van der Waals surface area contributed by atoms with E-state index in [1.54, 1.807) is 0 Å². The van der Waals surface area contributed by atoms with Crippen molar-refractivity contribution in [2.75, 3.05) is 11.5 Å². The molecule has 0 bridgehead atoms. The quantitative estimate of drug-likeness (QED) is 0.822. The Morgan fingerprint density at radius 3 is 2.88 bits per heavy atom. The summed E-state index contributed by atoms with van der Waals surface area (Å²) in [5.74, 6) is -1.34. The largest absolute Gasteiger partial charge is 0.474 e. The minimum Gasteiger partial charge on any atom is -0.474 e. The summed E-state index contributed by atoms with van der Waals surface area (Å²) in [5, 5.41) is 8.62. The molecule has 1 aliphatic heterocycles. The number of carbonyl (C=O) groups is 1. The Morgan fingerprint density at radius 1 is 1.56 bits per heavy atom. The van der Waals surface area contributed by atoms with Crippen molar-refractivity contribution in [2.45, 2.75) is 18.8 Å². The molecule has 0 aromatic carbocycles. The van der Waals surface area contributed by atoms with Gasteiger partial charge in [-0.25, -0.2) is 18.2 Å². The molecule has 1 fully saturated rings. The van der Waals surface area contributed by atoms with Crippen LogP contribution >= 0.6 is 0 Å². The van der Waals surface area contributed by atoms with Crippen LogP contribution in [0.15, 0.2) is 10.6 Å². The van der Waals surface area contributed by atoms with Gasteiger partial charge >= 0.3 is 11.9 Å². The average molecular weight is 245 g/mol. The third-order valence-corrected chi connectivity index (χ3v) is 4.39. The molecule has 1 aromatic heterocycles. The number of carboxylic acids is 1. The van der Waals surface area contributed by atoms with E-state index in [1.165, 1.54) is 6.20 Å². The lowest BCUT2D eigenvalue weighted by Gasteiger charge is -2.19. The summed E-state index contributed by atoms with van der Waals surface area (Å²) < 4.78 is 27.8. The monoisotopic (exact) mass is 245 g/mol.